The van der Waals surface area contributed by atoms with Crippen LogP contribution >= 0.6 is 0 Å². The summed E-state index contributed by atoms with van der Waals surface area (Å²) in [5, 5.41) is 10.9. The number of benzene rings is 2. The summed E-state index contributed by atoms with van der Waals surface area (Å²) in [5.74, 6) is -0.386. The summed E-state index contributed by atoms with van der Waals surface area (Å²) in [4.78, 5) is 16.6. The van der Waals surface area contributed by atoms with E-state index in [1.165, 1.54) is 18.2 Å². The minimum Gasteiger partial charge on any atom is -0.354 e. The molecule has 0 bridgehead atoms. The van der Waals surface area contributed by atoms with E-state index in [0.717, 1.165) is 5.69 Å². The molecule has 1 aromatic heterocycles. The van der Waals surface area contributed by atoms with Crippen LogP contribution in [0.4, 0.5) is 17.1 Å². The van der Waals surface area contributed by atoms with Crippen molar-refractivity contribution in [2.45, 2.75) is 4.90 Å². The van der Waals surface area contributed by atoms with Crippen molar-refractivity contribution >= 4 is 33.0 Å². The van der Waals surface area contributed by atoms with E-state index in [0.29, 0.717) is 16.9 Å². The van der Waals surface area contributed by atoms with Gasteiger partial charge in [-0.15, -0.1) is 0 Å². The molecule has 0 aliphatic carbocycles. The normalized spacial score (nSPS) is 11.0. The highest BCUT2D eigenvalue weighted by Crippen LogP contribution is 2.22. The van der Waals surface area contributed by atoms with Gasteiger partial charge in [-0.05, 0) is 42.5 Å². The number of nitrogens with zero attached hydrogens (tertiary/aromatic N) is 1. The van der Waals surface area contributed by atoms with E-state index in [4.69, 9.17) is 5.14 Å². The summed E-state index contributed by atoms with van der Waals surface area (Å²) in [7, 11) is -3.85. The highest BCUT2D eigenvalue weighted by Gasteiger charge is 2.13. The second kappa shape index (κ2) is 7.34. The summed E-state index contributed by atoms with van der Waals surface area (Å²) in [6, 6.07) is 16.4. The Bertz CT molecular complexity index is 1040. The van der Waals surface area contributed by atoms with Gasteiger partial charge in [-0.2, -0.15) is 0 Å². The average Bonchev–Trinajstić information content (AvgIpc) is 2.62. The molecule has 0 fully saturated rings. The van der Waals surface area contributed by atoms with Crippen LogP contribution in [0.15, 0.2) is 78.0 Å². The zero-order chi connectivity index (χ0) is 18.6. The molecule has 0 aliphatic heterocycles. The van der Waals surface area contributed by atoms with Crippen molar-refractivity contribution < 1.29 is 13.2 Å². The largest absolute Gasteiger partial charge is 0.354 e. The molecule has 4 N–H and O–H groups in total. The van der Waals surface area contributed by atoms with Crippen molar-refractivity contribution in [1.82, 2.24) is 4.98 Å². The third-order valence-corrected chi connectivity index (χ3v) is 4.44. The lowest BCUT2D eigenvalue weighted by Crippen LogP contribution is -2.15. The van der Waals surface area contributed by atoms with Crippen LogP contribution in [0.3, 0.4) is 0 Å². The molecule has 0 radical (unpaired) electrons. The molecule has 132 valence electrons. The van der Waals surface area contributed by atoms with E-state index < -0.39 is 10.0 Å². The maximum atomic E-state index is 12.6. The third kappa shape index (κ3) is 4.24. The fraction of sp³-hybridized carbons (Fsp3) is 0. The predicted molar refractivity (Wildman–Crippen MR) is 99.7 cm³/mol. The molecule has 0 saturated carbocycles. The Hall–Kier alpha value is -3.23. The molecule has 0 unspecified atom stereocenters. The average molecular weight is 368 g/mol. The van der Waals surface area contributed by atoms with Crippen LogP contribution in [-0.4, -0.2) is 19.3 Å². The lowest BCUT2D eigenvalue weighted by atomic mass is 10.1. The van der Waals surface area contributed by atoms with Crippen LogP contribution in [0.1, 0.15) is 10.4 Å². The van der Waals surface area contributed by atoms with Crippen molar-refractivity contribution in [2.75, 3.05) is 10.6 Å². The molecule has 0 spiro atoms. The Morgan fingerprint density at radius 2 is 1.73 bits per heavy atom. The van der Waals surface area contributed by atoms with E-state index in [1.807, 2.05) is 6.07 Å². The Morgan fingerprint density at radius 1 is 0.962 bits per heavy atom. The number of para-hydroxylation sites is 1. The number of anilines is 3. The standard InChI is InChI=1S/C18H16N4O3S/c19-26(24,25)15-7-3-5-13(11-15)22-18(23)16-8-1-2-9-17(16)21-14-6-4-10-20-12-14/h1-12,21H,(H,22,23)(H2,19,24,25). The van der Waals surface area contributed by atoms with Crippen LogP contribution in [0.2, 0.25) is 0 Å². The van der Waals surface area contributed by atoms with Crippen molar-refractivity contribution in [2.24, 2.45) is 5.14 Å². The highest BCUT2D eigenvalue weighted by atomic mass is 32.2. The van der Waals surface area contributed by atoms with E-state index in [9.17, 15) is 13.2 Å². The number of nitrogens with one attached hydrogen (secondary N) is 2. The summed E-state index contributed by atoms with van der Waals surface area (Å²) in [6.45, 7) is 0. The van der Waals surface area contributed by atoms with Crippen molar-refractivity contribution in [1.29, 1.82) is 0 Å². The van der Waals surface area contributed by atoms with Crippen LogP contribution in [0.5, 0.6) is 0 Å². The van der Waals surface area contributed by atoms with Gasteiger partial charge in [-0.25, -0.2) is 13.6 Å². The molecule has 7 nitrogen and oxygen atoms in total. The van der Waals surface area contributed by atoms with Gasteiger partial charge in [0.05, 0.1) is 28.0 Å². The van der Waals surface area contributed by atoms with E-state index in [-0.39, 0.29) is 10.8 Å². The predicted octanol–water partition coefficient (Wildman–Crippen LogP) is 2.72. The Labute approximate surface area is 150 Å². The van der Waals surface area contributed by atoms with Gasteiger partial charge in [0.2, 0.25) is 10.0 Å². The molecular weight excluding hydrogens is 352 g/mol. The monoisotopic (exact) mass is 368 g/mol. The molecule has 3 aromatic rings. The first kappa shape index (κ1) is 17.6. The quantitative estimate of drug-likeness (QED) is 0.641. The maximum Gasteiger partial charge on any atom is 0.257 e. The molecule has 0 aliphatic rings. The van der Waals surface area contributed by atoms with Gasteiger partial charge in [0.1, 0.15) is 0 Å². The number of nitrogens with two attached hydrogens (primary N) is 1. The Balaban J connectivity index is 1.85. The van der Waals surface area contributed by atoms with Crippen molar-refractivity contribution in [3.63, 3.8) is 0 Å². The fourth-order valence-electron chi connectivity index (χ4n) is 2.33. The van der Waals surface area contributed by atoms with E-state index in [2.05, 4.69) is 15.6 Å². The van der Waals surface area contributed by atoms with Crippen LogP contribution in [0.25, 0.3) is 0 Å². The van der Waals surface area contributed by atoms with Gasteiger partial charge < -0.3 is 10.6 Å². The minimum absolute atomic E-state index is 0.0722. The molecule has 8 heteroatoms. The molecular formula is C18H16N4O3S. The van der Waals surface area contributed by atoms with Gasteiger partial charge in [-0.1, -0.05) is 18.2 Å². The third-order valence-electron chi connectivity index (χ3n) is 3.53. The zero-order valence-electron chi connectivity index (χ0n) is 13.6. The topological polar surface area (TPSA) is 114 Å². The molecule has 1 amide bonds. The molecule has 0 saturated heterocycles. The number of carbonyl (C=O) groups excluding carboxylic acids is 1. The summed E-state index contributed by atoms with van der Waals surface area (Å²) in [6.07, 6.45) is 3.30. The molecule has 3 rings (SSSR count). The van der Waals surface area contributed by atoms with Crippen LogP contribution in [-0.2, 0) is 10.0 Å². The summed E-state index contributed by atoms with van der Waals surface area (Å²) >= 11 is 0. The zero-order valence-corrected chi connectivity index (χ0v) is 14.4. The number of hydrogen-bond acceptors (Lipinski definition) is 5. The number of sulfonamides is 1. The fourth-order valence-corrected chi connectivity index (χ4v) is 2.89. The summed E-state index contributed by atoms with van der Waals surface area (Å²) < 4.78 is 22.9. The van der Waals surface area contributed by atoms with Gasteiger partial charge in [0, 0.05) is 11.9 Å². The van der Waals surface area contributed by atoms with E-state index in [1.54, 1.807) is 48.8 Å². The second-order valence-corrected chi connectivity index (χ2v) is 7.00. The lowest BCUT2D eigenvalue weighted by Gasteiger charge is -2.12. The smallest absolute Gasteiger partial charge is 0.257 e. The van der Waals surface area contributed by atoms with Crippen LogP contribution < -0.4 is 15.8 Å². The first-order chi connectivity index (χ1) is 12.4. The molecule has 26 heavy (non-hydrogen) atoms. The van der Waals surface area contributed by atoms with Gasteiger partial charge in [0.25, 0.3) is 5.91 Å². The van der Waals surface area contributed by atoms with Crippen molar-refractivity contribution in [3.8, 4) is 0 Å². The SMILES string of the molecule is NS(=O)(=O)c1cccc(NC(=O)c2ccccc2Nc2cccnc2)c1. The lowest BCUT2D eigenvalue weighted by molar-refractivity contribution is 0.102. The number of amides is 1. The van der Waals surface area contributed by atoms with E-state index >= 15 is 0 Å². The summed E-state index contributed by atoms with van der Waals surface area (Å²) in [5.41, 5.74) is 2.07. The first-order valence-corrected chi connectivity index (χ1v) is 9.18. The number of primary sulfonamides is 1. The second-order valence-electron chi connectivity index (χ2n) is 5.44. The van der Waals surface area contributed by atoms with Crippen molar-refractivity contribution in [3.05, 3.63) is 78.6 Å². The number of rotatable bonds is 5. The Kier molecular flexibility index (Phi) is 4.97. The molecule has 1 heterocycles. The minimum atomic E-state index is -3.85. The van der Waals surface area contributed by atoms with Gasteiger partial charge >= 0.3 is 0 Å². The molecule has 0 atom stereocenters. The first-order valence-electron chi connectivity index (χ1n) is 7.64. The number of carbonyl (C=O) groups is 1. The highest BCUT2D eigenvalue weighted by molar-refractivity contribution is 7.89. The number of hydrogen-bond donors (Lipinski definition) is 3. The van der Waals surface area contributed by atoms with Gasteiger partial charge in [-0.3, -0.25) is 9.78 Å². The Morgan fingerprint density at radius 3 is 2.46 bits per heavy atom. The number of aromatic nitrogens is 1. The maximum absolute atomic E-state index is 12.6. The molecule has 2 aromatic carbocycles. The van der Waals surface area contributed by atoms with Gasteiger partial charge in [0.15, 0.2) is 0 Å². The number of pyridine rings is 1. The van der Waals surface area contributed by atoms with Crippen LogP contribution in [0, 0.1) is 0 Å².